The first kappa shape index (κ1) is 25.7. The Morgan fingerprint density at radius 2 is 1.60 bits per heavy atom. The number of benzene rings is 1. The smallest absolute Gasteiger partial charge is 0.425 e. The summed E-state index contributed by atoms with van der Waals surface area (Å²) in [5.74, 6) is 0.372. The fourth-order valence-electron chi connectivity index (χ4n) is 3.13. The van der Waals surface area contributed by atoms with Crippen molar-refractivity contribution in [2.45, 2.75) is 59.2 Å². The lowest BCUT2D eigenvalue weighted by atomic mass is 10.1. The Hall–Kier alpha value is -3.94. The van der Waals surface area contributed by atoms with Gasteiger partial charge in [0.2, 0.25) is 0 Å². The molecule has 0 radical (unpaired) electrons. The molecule has 2 aromatic heterocycles. The molecule has 1 aromatic carbocycles. The molecule has 2 heterocycles. The van der Waals surface area contributed by atoms with Gasteiger partial charge in [-0.15, -0.1) is 0 Å². The van der Waals surface area contributed by atoms with E-state index in [0.29, 0.717) is 23.4 Å². The lowest BCUT2D eigenvalue weighted by Crippen LogP contribution is -2.44. The molecule has 8 nitrogen and oxygen atoms in total. The average molecular weight is 478 g/mol. The van der Waals surface area contributed by atoms with E-state index >= 15 is 0 Å². The molecule has 0 spiro atoms. The minimum Gasteiger partial charge on any atom is -0.443 e. The molecular weight excluding hydrogens is 446 g/mol. The first-order valence-corrected chi connectivity index (χ1v) is 11.2. The van der Waals surface area contributed by atoms with Crippen LogP contribution in [0.15, 0.2) is 59.8 Å². The van der Waals surface area contributed by atoms with Crippen LogP contribution in [-0.4, -0.2) is 33.5 Å². The second kappa shape index (κ2) is 10.1. The summed E-state index contributed by atoms with van der Waals surface area (Å²) in [7, 11) is 0. The second-order valence-corrected chi connectivity index (χ2v) is 9.98. The van der Waals surface area contributed by atoms with Gasteiger partial charge in [0.05, 0.1) is 11.3 Å². The third-order valence-corrected chi connectivity index (χ3v) is 4.58. The van der Waals surface area contributed by atoms with Crippen molar-refractivity contribution in [3.8, 4) is 11.3 Å². The number of ether oxygens (including phenoxy) is 2. The van der Waals surface area contributed by atoms with E-state index in [1.54, 1.807) is 65.8 Å². The summed E-state index contributed by atoms with van der Waals surface area (Å²) in [5, 5.41) is 4.17. The highest BCUT2D eigenvalue weighted by molar-refractivity contribution is 6.10. The quantitative estimate of drug-likeness (QED) is 0.406. The lowest BCUT2D eigenvalue weighted by Gasteiger charge is -2.28. The second-order valence-electron chi connectivity index (χ2n) is 9.98. The maximum Gasteiger partial charge on any atom is 0.425 e. The Morgan fingerprint density at radius 1 is 1.00 bits per heavy atom. The maximum absolute atomic E-state index is 13.1. The van der Waals surface area contributed by atoms with Gasteiger partial charge in [-0.3, -0.25) is 0 Å². The fourth-order valence-corrected chi connectivity index (χ4v) is 3.13. The Bertz CT molecular complexity index is 1170. The van der Waals surface area contributed by atoms with Crippen LogP contribution in [0.25, 0.3) is 17.4 Å². The van der Waals surface area contributed by atoms with Crippen LogP contribution in [0.3, 0.4) is 0 Å². The number of hydrogen-bond donors (Lipinski definition) is 0. The van der Waals surface area contributed by atoms with Crippen LogP contribution in [0.5, 0.6) is 0 Å². The molecular formula is C27H31N3O5. The van der Waals surface area contributed by atoms with Crippen molar-refractivity contribution >= 4 is 24.1 Å². The van der Waals surface area contributed by atoms with Crippen molar-refractivity contribution in [1.29, 1.82) is 0 Å². The third kappa shape index (κ3) is 7.02. The highest BCUT2D eigenvalue weighted by atomic mass is 16.6. The minimum absolute atomic E-state index is 0.0223. The number of anilines is 1. The molecule has 0 atom stereocenters. The van der Waals surface area contributed by atoms with Crippen LogP contribution in [0.4, 0.5) is 15.4 Å². The first-order valence-electron chi connectivity index (χ1n) is 11.2. The van der Waals surface area contributed by atoms with Crippen molar-refractivity contribution in [2.24, 2.45) is 0 Å². The van der Waals surface area contributed by atoms with Gasteiger partial charge in [0.15, 0.2) is 11.6 Å². The van der Waals surface area contributed by atoms with Crippen molar-refractivity contribution in [2.75, 3.05) is 4.90 Å². The molecule has 0 aliphatic carbocycles. The standard InChI is InChI=1S/C27H31N3O5/c1-8-18-11-13-19(14-12-18)16-20-17-22(35-29-20)21-10-9-15-28-23(21)30(24(31)33-26(2,3)4)25(32)34-27(5,6)7/h8-15,17H,1,16H2,2-7H3. The number of nitrogens with zero attached hydrogens (tertiary/aromatic N) is 3. The van der Waals surface area contributed by atoms with Gasteiger partial charge in [-0.2, -0.15) is 4.90 Å². The molecule has 0 unspecified atom stereocenters. The van der Waals surface area contributed by atoms with Gasteiger partial charge in [-0.25, -0.2) is 14.6 Å². The molecule has 2 amide bonds. The molecule has 8 heteroatoms. The summed E-state index contributed by atoms with van der Waals surface area (Å²) in [5.41, 5.74) is 1.47. The van der Waals surface area contributed by atoms with Crippen molar-refractivity contribution in [1.82, 2.24) is 10.1 Å². The van der Waals surface area contributed by atoms with E-state index in [4.69, 9.17) is 14.0 Å². The number of amides is 2. The Morgan fingerprint density at radius 3 is 2.14 bits per heavy atom. The Balaban J connectivity index is 1.97. The van der Waals surface area contributed by atoms with Gasteiger partial charge in [0.25, 0.3) is 0 Å². The van der Waals surface area contributed by atoms with Gasteiger partial charge in [-0.1, -0.05) is 42.1 Å². The number of carbonyl (C=O) groups excluding carboxylic acids is 2. The predicted molar refractivity (Wildman–Crippen MR) is 134 cm³/mol. The van der Waals surface area contributed by atoms with Crippen molar-refractivity contribution < 1.29 is 23.6 Å². The van der Waals surface area contributed by atoms with Gasteiger partial charge < -0.3 is 14.0 Å². The molecule has 0 saturated carbocycles. The highest BCUT2D eigenvalue weighted by Gasteiger charge is 2.35. The molecule has 184 valence electrons. The number of pyridine rings is 1. The van der Waals surface area contributed by atoms with Gasteiger partial charge in [-0.05, 0) is 64.8 Å². The molecule has 3 rings (SSSR count). The molecule has 0 N–H and O–H groups in total. The molecule has 35 heavy (non-hydrogen) atoms. The van der Waals surface area contributed by atoms with Crippen molar-refractivity contribution in [3.05, 3.63) is 72.1 Å². The summed E-state index contributed by atoms with van der Waals surface area (Å²) in [4.78, 5) is 31.2. The van der Waals surface area contributed by atoms with Crippen LogP contribution in [0.2, 0.25) is 0 Å². The molecule has 0 aliphatic heterocycles. The van der Waals surface area contributed by atoms with Crippen LogP contribution in [0.1, 0.15) is 58.4 Å². The summed E-state index contributed by atoms with van der Waals surface area (Å²) >= 11 is 0. The highest BCUT2D eigenvalue weighted by Crippen LogP contribution is 2.32. The summed E-state index contributed by atoms with van der Waals surface area (Å²) in [6.07, 6.45) is 1.97. The minimum atomic E-state index is -0.909. The van der Waals surface area contributed by atoms with E-state index < -0.39 is 23.4 Å². The predicted octanol–water partition coefficient (Wildman–Crippen LogP) is 6.65. The van der Waals surface area contributed by atoms with Gasteiger partial charge >= 0.3 is 12.2 Å². The summed E-state index contributed by atoms with van der Waals surface area (Å²) in [6, 6.07) is 13.1. The summed E-state index contributed by atoms with van der Waals surface area (Å²) < 4.78 is 16.5. The molecule has 0 bridgehead atoms. The Kier molecular flexibility index (Phi) is 7.43. The maximum atomic E-state index is 13.1. The number of carbonyl (C=O) groups is 2. The third-order valence-electron chi connectivity index (χ3n) is 4.58. The van der Waals surface area contributed by atoms with E-state index in [9.17, 15) is 9.59 Å². The fraction of sp³-hybridized carbons (Fsp3) is 0.333. The normalized spacial score (nSPS) is 11.6. The molecule has 0 fully saturated rings. The Labute approximate surface area is 205 Å². The number of imide groups is 1. The zero-order valence-corrected chi connectivity index (χ0v) is 21.0. The first-order chi connectivity index (χ1) is 16.4. The molecule has 0 aliphatic rings. The average Bonchev–Trinajstić information content (AvgIpc) is 3.20. The number of hydrogen-bond acceptors (Lipinski definition) is 7. The van der Waals surface area contributed by atoms with E-state index in [2.05, 4.69) is 16.7 Å². The topological polar surface area (TPSA) is 94.8 Å². The number of aromatic nitrogens is 2. The van der Waals surface area contributed by atoms with Gasteiger partial charge in [0.1, 0.15) is 11.2 Å². The van der Waals surface area contributed by atoms with Crippen LogP contribution >= 0.6 is 0 Å². The van der Waals surface area contributed by atoms with E-state index in [0.717, 1.165) is 16.0 Å². The number of rotatable bonds is 5. The molecule has 0 saturated heterocycles. The lowest BCUT2D eigenvalue weighted by molar-refractivity contribution is 0.0429. The summed E-state index contributed by atoms with van der Waals surface area (Å²) in [6.45, 7) is 14.0. The van der Waals surface area contributed by atoms with Crippen LogP contribution in [-0.2, 0) is 15.9 Å². The zero-order chi connectivity index (χ0) is 25.8. The largest absolute Gasteiger partial charge is 0.443 e. The van der Waals surface area contributed by atoms with Crippen molar-refractivity contribution in [3.63, 3.8) is 0 Å². The molecule has 3 aromatic rings. The van der Waals surface area contributed by atoms with E-state index in [1.165, 1.54) is 6.20 Å². The zero-order valence-electron chi connectivity index (χ0n) is 21.0. The van der Waals surface area contributed by atoms with Gasteiger partial charge in [0, 0.05) is 18.7 Å². The monoisotopic (exact) mass is 477 g/mol. The van der Waals surface area contributed by atoms with Crippen LogP contribution in [0, 0.1) is 0 Å². The van der Waals surface area contributed by atoms with E-state index in [1.807, 2.05) is 24.3 Å². The SMILES string of the molecule is C=Cc1ccc(Cc2cc(-c3cccnc3N(C(=O)OC(C)(C)C)C(=O)OC(C)(C)C)on2)cc1. The van der Waals surface area contributed by atoms with E-state index in [-0.39, 0.29) is 5.82 Å². The van der Waals surface area contributed by atoms with Crippen LogP contribution < -0.4 is 4.90 Å².